The summed E-state index contributed by atoms with van der Waals surface area (Å²) in [5, 5.41) is 0. The molecule has 0 aliphatic heterocycles. The van der Waals surface area contributed by atoms with Crippen LogP contribution in [0.1, 0.15) is 17.3 Å². The van der Waals surface area contributed by atoms with Crippen molar-refractivity contribution in [1.29, 1.82) is 0 Å². The third-order valence-electron chi connectivity index (χ3n) is 2.32. The predicted octanol–water partition coefficient (Wildman–Crippen LogP) is 2.16. The van der Waals surface area contributed by atoms with E-state index in [0.717, 1.165) is 5.69 Å². The summed E-state index contributed by atoms with van der Waals surface area (Å²) in [7, 11) is 0. The quantitative estimate of drug-likeness (QED) is 0.818. The number of amides is 1. The fourth-order valence-corrected chi connectivity index (χ4v) is 1.51. The Morgan fingerprint density at radius 1 is 1.29 bits per heavy atom. The summed E-state index contributed by atoms with van der Waals surface area (Å²) >= 11 is 0. The lowest BCUT2D eigenvalue weighted by Crippen LogP contribution is -2.23. The molecule has 0 spiro atoms. The van der Waals surface area contributed by atoms with Crippen LogP contribution in [-0.4, -0.2) is 17.1 Å². The molecular formula is C13H14N2O2. The molecule has 4 nitrogen and oxygen atoms in total. The number of carbonyl (C=O) groups is 1. The number of hydrogen-bond donors (Lipinski definition) is 1. The number of nitrogens with one attached hydrogen (secondary N) is 1. The zero-order valence-electron chi connectivity index (χ0n) is 9.59. The summed E-state index contributed by atoms with van der Waals surface area (Å²) in [6.45, 7) is 2.26. The molecule has 1 N–H and O–H groups in total. The monoisotopic (exact) mass is 230 g/mol. The van der Waals surface area contributed by atoms with Crippen LogP contribution in [0, 0.1) is 0 Å². The van der Waals surface area contributed by atoms with E-state index in [0.29, 0.717) is 12.2 Å². The van der Waals surface area contributed by atoms with Crippen molar-refractivity contribution in [3.05, 3.63) is 54.4 Å². The van der Waals surface area contributed by atoms with Crippen molar-refractivity contribution in [2.45, 2.75) is 6.92 Å². The second-order valence-electron chi connectivity index (χ2n) is 3.50. The molecule has 88 valence electrons. The van der Waals surface area contributed by atoms with Gasteiger partial charge in [0.15, 0.2) is 0 Å². The van der Waals surface area contributed by atoms with Gasteiger partial charge in [0.25, 0.3) is 5.91 Å². The van der Waals surface area contributed by atoms with Gasteiger partial charge in [0.05, 0.1) is 6.61 Å². The maximum absolute atomic E-state index is 11.7. The third-order valence-corrected chi connectivity index (χ3v) is 2.32. The molecule has 0 bridgehead atoms. The highest BCUT2D eigenvalue weighted by Gasteiger charge is 2.06. The van der Waals surface area contributed by atoms with E-state index < -0.39 is 0 Å². The molecule has 0 saturated heterocycles. The highest BCUT2D eigenvalue weighted by atomic mass is 16.6. The van der Waals surface area contributed by atoms with E-state index in [1.54, 1.807) is 6.07 Å². The summed E-state index contributed by atoms with van der Waals surface area (Å²) in [5.74, 6) is -0.235. The second kappa shape index (κ2) is 5.32. The Morgan fingerprint density at radius 3 is 2.76 bits per heavy atom. The van der Waals surface area contributed by atoms with E-state index in [2.05, 4.69) is 5.48 Å². The molecular weight excluding hydrogens is 216 g/mol. The van der Waals surface area contributed by atoms with Crippen LogP contribution in [0.3, 0.4) is 0 Å². The maximum Gasteiger partial charge on any atom is 0.274 e. The van der Waals surface area contributed by atoms with Crippen LogP contribution >= 0.6 is 0 Å². The fourth-order valence-electron chi connectivity index (χ4n) is 1.51. The Balaban J connectivity index is 2.20. The first-order chi connectivity index (χ1) is 8.31. The summed E-state index contributed by atoms with van der Waals surface area (Å²) in [6.07, 6.45) is 3.86. The zero-order chi connectivity index (χ0) is 12.1. The molecule has 0 saturated carbocycles. The van der Waals surface area contributed by atoms with Crippen molar-refractivity contribution < 1.29 is 9.63 Å². The van der Waals surface area contributed by atoms with Crippen LogP contribution in [-0.2, 0) is 4.84 Å². The molecule has 0 aliphatic rings. The number of carbonyl (C=O) groups excluding carboxylic acids is 1. The molecule has 0 atom stereocenters. The molecule has 0 unspecified atom stereocenters. The first-order valence-corrected chi connectivity index (χ1v) is 5.47. The third kappa shape index (κ3) is 2.73. The highest BCUT2D eigenvalue weighted by Crippen LogP contribution is 2.10. The van der Waals surface area contributed by atoms with Crippen molar-refractivity contribution >= 4 is 5.91 Å². The Morgan fingerprint density at radius 2 is 2.06 bits per heavy atom. The van der Waals surface area contributed by atoms with Gasteiger partial charge in [-0.25, -0.2) is 5.48 Å². The van der Waals surface area contributed by atoms with Crippen LogP contribution < -0.4 is 5.48 Å². The van der Waals surface area contributed by atoms with E-state index in [4.69, 9.17) is 4.84 Å². The van der Waals surface area contributed by atoms with Gasteiger partial charge in [-0.1, -0.05) is 6.07 Å². The summed E-state index contributed by atoms with van der Waals surface area (Å²) in [4.78, 5) is 16.6. The smallest absolute Gasteiger partial charge is 0.274 e. The van der Waals surface area contributed by atoms with Crippen LogP contribution in [0.2, 0.25) is 0 Å². The minimum atomic E-state index is -0.235. The number of hydroxylamine groups is 1. The fraction of sp³-hybridized carbons (Fsp3) is 0.154. The first kappa shape index (κ1) is 11.4. The zero-order valence-corrected chi connectivity index (χ0v) is 9.59. The molecule has 1 heterocycles. The Bertz CT molecular complexity index is 492. The standard InChI is InChI=1S/C13H14N2O2/c1-2-17-14-13(16)11-6-5-7-12(10-11)15-8-3-4-9-15/h3-10H,2H2,1H3,(H,14,16). The van der Waals surface area contributed by atoms with Gasteiger partial charge in [-0.05, 0) is 37.3 Å². The van der Waals surface area contributed by atoms with E-state index in [1.807, 2.05) is 54.2 Å². The lowest BCUT2D eigenvalue weighted by Gasteiger charge is -2.06. The average Bonchev–Trinajstić information content (AvgIpc) is 2.90. The largest absolute Gasteiger partial charge is 0.324 e. The van der Waals surface area contributed by atoms with Crippen LogP contribution in [0.5, 0.6) is 0 Å². The molecule has 4 heteroatoms. The van der Waals surface area contributed by atoms with Gasteiger partial charge in [0.1, 0.15) is 0 Å². The molecule has 0 aliphatic carbocycles. The van der Waals surface area contributed by atoms with Crippen molar-refractivity contribution in [3.8, 4) is 5.69 Å². The number of hydrogen-bond acceptors (Lipinski definition) is 2. The second-order valence-corrected chi connectivity index (χ2v) is 3.50. The van der Waals surface area contributed by atoms with Gasteiger partial charge >= 0.3 is 0 Å². The minimum Gasteiger partial charge on any atom is -0.324 e. The maximum atomic E-state index is 11.7. The SMILES string of the molecule is CCONC(=O)c1cccc(-n2cccc2)c1. The highest BCUT2D eigenvalue weighted by molar-refractivity contribution is 5.93. The average molecular weight is 230 g/mol. The molecule has 1 aromatic carbocycles. The van der Waals surface area contributed by atoms with E-state index >= 15 is 0 Å². The summed E-state index contributed by atoms with van der Waals surface area (Å²) < 4.78 is 1.94. The van der Waals surface area contributed by atoms with Crippen molar-refractivity contribution in [2.75, 3.05) is 6.61 Å². The normalized spacial score (nSPS) is 10.2. The van der Waals surface area contributed by atoms with Gasteiger partial charge in [-0.15, -0.1) is 0 Å². The molecule has 2 aromatic rings. The van der Waals surface area contributed by atoms with Gasteiger partial charge in [0, 0.05) is 23.6 Å². The topological polar surface area (TPSA) is 43.3 Å². The number of rotatable bonds is 4. The molecule has 1 aromatic heterocycles. The molecule has 17 heavy (non-hydrogen) atoms. The molecule has 0 fully saturated rings. The Hall–Kier alpha value is -2.07. The Labute approximate surface area is 99.8 Å². The summed E-state index contributed by atoms with van der Waals surface area (Å²) in [5.41, 5.74) is 3.89. The van der Waals surface area contributed by atoms with Gasteiger partial charge < -0.3 is 4.57 Å². The van der Waals surface area contributed by atoms with E-state index in [-0.39, 0.29) is 5.91 Å². The van der Waals surface area contributed by atoms with Crippen molar-refractivity contribution in [2.24, 2.45) is 0 Å². The van der Waals surface area contributed by atoms with Crippen molar-refractivity contribution in [1.82, 2.24) is 10.0 Å². The van der Waals surface area contributed by atoms with E-state index in [1.165, 1.54) is 0 Å². The minimum absolute atomic E-state index is 0.235. The predicted molar refractivity (Wildman–Crippen MR) is 64.9 cm³/mol. The van der Waals surface area contributed by atoms with Gasteiger partial charge in [-0.3, -0.25) is 9.63 Å². The van der Waals surface area contributed by atoms with Crippen molar-refractivity contribution in [3.63, 3.8) is 0 Å². The molecule has 1 amide bonds. The number of nitrogens with zero attached hydrogens (tertiary/aromatic N) is 1. The van der Waals surface area contributed by atoms with Crippen LogP contribution in [0.4, 0.5) is 0 Å². The number of benzene rings is 1. The molecule has 0 radical (unpaired) electrons. The van der Waals surface area contributed by atoms with Gasteiger partial charge in [-0.2, -0.15) is 0 Å². The summed E-state index contributed by atoms with van der Waals surface area (Å²) in [6, 6.07) is 11.2. The number of aromatic nitrogens is 1. The lowest BCUT2D eigenvalue weighted by atomic mass is 10.2. The van der Waals surface area contributed by atoms with Crippen LogP contribution in [0.25, 0.3) is 5.69 Å². The van der Waals surface area contributed by atoms with Gasteiger partial charge in [0.2, 0.25) is 0 Å². The van der Waals surface area contributed by atoms with Crippen LogP contribution in [0.15, 0.2) is 48.8 Å². The lowest BCUT2D eigenvalue weighted by molar-refractivity contribution is 0.0364. The Kier molecular flexibility index (Phi) is 3.57. The first-order valence-electron chi connectivity index (χ1n) is 5.47. The van der Waals surface area contributed by atoms with E-state index in [9.17, 15) is 4.79 Å². The molecule has 2 rings (SSSR count).